The van der Waals surface area contributed by atoms with Gasteiger partial charge in [0.15, 0.2) is 5.96 Å². The standard InChI is InChI=1S/C32H53N13O16S/c1-13(40-28(57)16(7-23(50)51)41-21(48)9-38-26(55)14(33)3-2-6-37-32(35)36)25(54)45-19(12-62)30(59)43-15(4-5-20(34)47)27(56)39-10-22(49)42-17(8-24(52)53)29(58)44-18(11-46)31(60)61/h13-19,46,62H,2-12,33H2,1H3,(H2,34,47)(H,38,55)(H,39,56)(H,40,57)(H,41,48)(H,42,49)(H,43,59)(H,44,58)(H,45,54)(H,50,51)(H,52,53)(H,60,61)(H4,35,36,37)/t13-,14-,15-,16-,17-,18-,19-/m0/s1. The molecule has 0 aliphatic heterocycles. The summed E-state index contributed by atoms with van der Waals surface area (Å²) in [5.41, 5.74) is 21.4. The number of nitrogens with two attached hydrogens (primary N) is 4. The van der Waals surface area contributed by atoms with Crippen molar-refractivity contribution in [3.63, 3.8) is 0 Å². The Morgan fingerprint density at radius 2 is 1.06 bits per heavy atom. The number of amides is 9. The lowest BCUT2D eigenvalue weighted by Crippen LogP contribution is -2.59. The molecular weight excluding hydrogens is 854 g/mol. The van der Waals surface area contributed by atoms with Crippen LogP contribution in [0.4, 0.5) is 0 Å². The molecule has 0 aliphatic carbocycles. The second kappa shape index (κ2) is 28.6. The summed E-state index contributed by atoms with van der Waals surface area (Å²) in [6.45, 7) is -1.41. The van der Waals surface area contributed by atoms with Crippen LogP contribution in [0.2, 0.25) is 0 Å². The topological polar surface area (TPSA) is 498 Å². The molecule has 7 atom stereocenters. The number of primary amides is 1. The van der Waals surface area contributed by atoms with E-state index in [1.807, 2.05) is 10.6 Å². The number of carbonyl (C=O) groups is 12. The third-order valence-electron chi connectivity index (χ3n) is 7.89. The molecule has 30 heteroatoms. The fraction of sp³-hybridized carbons (Fsp3) is 0.594. The molecule has 0 saturated carbocycles. The quantitative estimate of drug-likeness (QED) is 0.0138. The molecule has 62 heavy (non-hydrogen) atoms. The van der Waals surface area contributed by atoms with Gasteiger partial charge in [0.05, 0.1) is 38.6 Å². The third-order valence-corrected chi connectivity index (χ3v) is 8.25. The number of guanidine groups is 1. The van der Waals surface area contributed by atoms with Gasteiger partial charge in [-0.05, 0) is 26.2 Å². The van der Waals surface area contributed by atoms with Crippen LogP contribution >= 0.6 is 12.6 Å². The lowest BCUT2D eigenvalue weighted by atomic mass is 10.1. The number of thiol groups is 1. The van der Waals surface area contributed by atoms with E-state index in [2.05, 4.69) is 49.5 Å². The largest absolute Gasteiger partial charge is 0.481 e. The summed E-state index contributed by atoms with van der Waals surface area (Å²) >= 11 is 4.01. The van der Waals surface area contributed by atoms with Crippen LogP contribution < -0.4 is 65.5 Å². The second-order valence-electron chi connectivity index (χ2n) is 13.0. The molecule has 348 valence electrons. The Balaban J connectivity index is 5.57. The predicted molar refractivity (Wildman–Crippen MR) is 213 cm³/mol. The lowest BCUT2D eigenvalue weighted by Gasteiger charge is -2.24. The number of carboxylic acid groups (broad SMARTS) is 3. The monoisotopic (exact) mass is 907 g/mol. The van der Waals surface area contributed by atoms with Crippen molar-refractivity contribution in [1.82, 2.24) is 42.5 Å². The van der Waals surface area contributed by atoms with E-state index < -0.39 is 164 Å². The lowest BCUT2D eigenvalue weighted by molar-refractivity contribution is -0.144. The number of nitrogens with one attached hydrogen (secondary N) is 8. The molecule has 0 aromatic heterocycles. The Morgan fingerprint density at radius 3 is 1.52 bits per heavy atom. The molecule has 0 radical (unpaired) electrons. The van der Waals surface area contributed by atoms with Crippen LogP contribution in [0, 0.1) is 0 Å². The molecule has 0 rings (SSSR count). The molecule has 0 unspecified atom stereocenters. The number of hydrogen-bond acceptors (Lipinski definition) is 16. The van der Waals surface area contributed by atoms with Gasteiger partial charge in [0.25, 0.3) is 0 Å². The van der Waals surface area contributed by atoms with Gasteiger partial charge in [0.1, 0.15) is 36.3 Å². The first kappa shape index (κ1) is 55.2. The Morgan fingerprint density at radius 1 is 0.597 bits per heavy atom. The molecule has 29 nitrogen and oxygen atoms in total. The van der Waals surface area contributed by atoms with E-state index in [0.717, 1.165) is 6.92 Å². The van der Waals surface area contributed by atoms with Gasteiger partial charge in [0, 0.05) is 18.7 Å². The van der Waals surface area contributed by atoms with E-state index in [1.54, 1.807) is 0 Å². The van der Waals surface area contributed by atoms with Gasteiger partial charge in [-0.1, -0.05) is 0 Å². The summed E-state index contributed by atoms with van der Waals surface area (Å²) in [7, 11) is 0. The van der Waals surface area contributed by atoms with Crippen LogP contribution in [0.3, 0.4) is 0 Å². The number of aliphatic carboxylic acids is 3. The van der Waals surface area contributed by atoms with Crippen molar-refractivity contribution in [1.29, 1.82) is 0 Å². The smallest absolute Gasteiger partial charge is 0.328 e. The SMILES string of the molecule is C[C@H](NC(=O)[C@H](CC(=O)O)NC(=O)CNC(=O)[C@@H](N)CCCN=C(N)N)C(=O)N[C@@H](CS)C(=O)N[C@@H](CCC(N)=O)C(=O)NCC(=O)N[C@@H](CC(=O)O)C(=O)N[C@@H](CO)C(=O)O. The first-order valence-electron chi connectivity index (χ1n) is 18.2. The average Bonchev–Trinajstić information content (AvgIpc) is 3.18. The van der Waals surface area contributed by atoms with E-state index in [-0.39, 0.29) is 18.9 Å². The van der Waals surface area contributed by atoms with E-state index in [4.69, 9.17) is 38.3 Å². The van der Waals surface area contributed by atoms with Crippen molar-refractivity contribution >= 4 is 89.7 Å². The Labute approximate surface area is 357 Å². The summed E-state index contributed by atoms with van der Waals surface area (Å²) in [6.07, 6.45) is -2.46. The zero-order chi connectivity index (χ0) is 47.7. The average molecular weight is 908 g/mol. The molecule has 20 N–H and O–H groups in total. The van der Waals surface area contributed by atoms with Crippen molar-refractivity contribution in [2.45, 2.75) is 87.7 Å². The number of rotatable bonds is 30. The normalized spacial score (nSPS) is 13.9. The molecule has 0 fully saturated rings. The minimum Gasteiger partial charge on any atom is -0.481 e. The summed E-state index contributed by atoms with van der Waals surface area (Å²) < 4.78 is 0. The Bertz CT molecular complexity index is 1700. The first-order valence-corrected chi connectivity index (χ1v) is 18.9. The number of nitrogens with zero attached hydrogens (tertiary/aromatic N) is 1. The number of carboxylic acids is 3. The van der Waals surface area contributed by atoms with E-state index >= 15 is 0 Å². The molecular formula is C32H53N13O16S. The summed E-state index contributed by atoms with van der Waals surface area (Å²) in [4.78, 5) is 151. The minimum absolute atomic E-state index is 0.146. The van der Waals surface area contributed by atoms with Gasteiger partial charge >= 0.3 is 17.9 Å². The van der Waals surface area contributed by atoms with Gasteiger partial charge in [-0.25, -0.2) is 4.79 Å². The fourth-order valence-electron chi connectivity index (χ4n) is 4.65. The van der Waals surface area contributed by atoms with Crippen LogP contribution in [-0.2, 0) is 57.5 Å². The zero-order valence-electron chi connectivity index (χ0n) is 33.2. The van der Waals surface area contributed by atoms with Gasteiger partial charge in [0.2, 0.25) is 53.2 Å². The van der Waals surface area contributed by atoms with Crippen LogP contribution in [0.25, 0.3) is 0 Å². The third kappa shape index (κ3) is 23.1. The Kier molecular flexibility index (Phi) is 25.5. The number of aliphatic imine (C=N–C) groups is 1. The highest BCUT2D eigenvalue weighted by molar-refractivity contribution is 7.80. The van der Waals surface area contributed by atoms with Gasteiger partial charge in [-0.3, -0.25) is 57.7 Å². The number of aliphatic hydroxyl groups is 1. The van der Waals surface area contributed by atoms with Crippen molar-refractivity contribution < 1.29 is 78.0 Å². The zero-order valence-corrected chi connectivity index (χ0v) is 34.1. The maximum Gasteiger partial charge on any atom is 0.328 e. The van der Waals surface area contributed by atoms with E-state index in [1.165, 1.54) is 0 Å². The van der Waals surface area contributed by atoms with Crippen molar-refractivity contribution in [2.24, 2.45) is 27.9 Å². The summed E-state index contributed by atoms with van der Waals surface area (Å²) in [5, 5.41) is 53.4. The second-order valence-corrected chi connectivity index (χ2v) is 13.4. The van der Waals surface area contributed by atoms with Gasteiger partial charge in [-0.15, -0.1) is 0 Å². The van der Waals surface area contributed by atoms with Crippen molar-refractivity contribution in [2.75, 3.05) is 32.0 Å². The van der Waals surface area contributed by atoms with Crippen LogP contribution in [-0.4, -0.2) is 172 Å². The maximum atomic E-state index is 13.2. The summed E-state index contributed by atoms with van der Waals surface area (Å²) in [5.74, 6) is -14.9. The van der Waals surface area contributed by atoms with Gasteiger partial charge in [-0.2, -0.15) is 12.6 Å². The van der Waals surface area contributed by atoms with Crippen LogP contribution in [0.1, 0.15) is 45.4 Å². The summed E-state index contributed by atoms with van der Waals surface area (Å²) in [6, 6.07) is -11.2. The van der Waals surface area contributed by atoms with Crippen molar-refractivity contribution in [3.05, 3.63) is 0 Å². The first-order chi connectivity index (χ1) is 28.9. The number of carbonyl (C=O) groups excluding carboxylic acids is 9. The molecule has 0 saturated heterocycles. The molecule has 0 aromatic rings. The van der Waals surface area contributed by atoms with Crippen LogP contribution in [0.5, 0.6) is 0 Å². The molecule has 0 heterocycles. The molecule has 9 amide bonds. The predicted octanol–water partition coefficient (Wildman–Crippen LogP) is -9.25. The number of hydrogen-bond donors (Lipinski definition) is 17. The Hall–Kier alpha value is -6.82. The highest BCUT2D eigenvalue weighted by atomic mass is 32.1. The van der Waals surface area contributed by atoms with Gasteiger partial charge < -0.3 is 85.9 Å². The fourth-order valence-corrected chi connectivity index (χ4v) is 4.91. The van der Waals surface area contributed by atoms with Crippen molar-refractivity contribution in [3.8, 4) is 0 Å². The van der Waals surface area contributed by atoms with E-state index in [0.29, 0.717) is 6.42 Å². The maximum absolute atomic E-state index is 13.2. The highest BCUT2D eigenvalue weighted by Crippen LogP contribution is 2.03. The molecule has 0 bridgehead atoms. The molecule has 0 aromatic carbocycles. The minimum atomic E-state index is -1.87. The highest BCUT2D eigenvalue weighted by Gasteiger charge is 2.32. The van der Waals surface area contributed by atoms with E-state index in [9.17, 15) is 62.6 Å². The molecule has 0 aliphatic rings. The molecule has 0 spiro atoms. The number of aliphatic hydroxyl groups excluding tert-OH is 1. The van der Waals surface area contributed by atoms with Crippen LogP contribution in [0.15, 0.2) is 4.99 Å².